The Balaban J connectivity index is 2.01. The van der Waals surface area contributed by atoms with Crippen LogP contribution in [0.15, 0.2) is 67.1 Å². The monoisotopic (exact) mass is 372 g/mol. The maximum atomic E-state index is 5.60. The fourth-order valence-electron chi connectivity index (χ4n) is 3.36. The molecule has 1 N–H and O–H groups in total. The van der Waals surface area contributed by atoms with Crippen molar-refractivity contribution in [1.29, 1.82) is 0 Å². The number of anilines is 1. The number of nitrogens with zero attached hydrogens (tertiary/aromatic N) is 3. The third-order valence-electron chi connectivity index (χ3n) is 5.01. The largest absolute Gasteiger partial charge is 0.495 e. The summed E-state index contributed by atoms with van der Waals surface area (Å²) in [6.07, 6.45) is 4.75. The number of nitrogens with one attached hydrogen (secondary N) is 1. The molecule has 0 spiro atoms. The van der Waals surface area contributed by atoms with Gasteiger partial charge < -0.3 is 10.1 Å². The molecule has 4 rings (SSSR count). The van der Waals surface area contributed by atoms with E-state index in [1.54, 1.807) is 13.4 Å². The van der Waals surface area contributed by atoms with E-state index in [0.717, 1.165) is 45.8 Å². The van der Waals surface area contributed by atoms with Gasteiger partial charge in [-0.25, -0.2) is 9.97 Å². The van der Waals surface area contributed by atoms with Crippen LogP contribution in [-0.2, 0) is 0 Å². The van der Waals surface area contributed by atoms with Crippen molar-refractivity contribution in [3.8, 4) is 22.6 Å². The highest BCUT2D eigenvalue weighted by Crippen LogP contribution is 2.37. The van der Waals surface area contributed by atoms with Gasteiger partial charge in [-0.15, -0.1) is 0 Å². The highest BCUT2D eigenvalue weighted by Gasteiger charge is 2.19. The standard InChI is InChI=1S/C23H24N4O/c1-4-16(2)26-22-21-18(17-10-6-5-7-11-17)14-27(23(21)25-15-24-22)19-12-8-9-13-20(19)28-3/h5-16H,4H2,1-3H3,(H,24,25,26). The Morgan fingerprint density at radius 3 is 2.54 bits per heavy atom. The number of hydrogen-bond acceptors (Lipinski definition) is 4. The lowest BCUT2D eigenvalue weighted by Gasteiger charge is -2.14. The Morgan fingerprint density at radius 2 is 1.79 bits per heavy atom. The predicted octanol–water partition coefficient (Wildman–Crippen LogP) is 5.31. The number of para-hydroxylation sites is 2. The van der Waals surface area contributed by atoms with Crippen molar-refractivity contribution in [1.82, 2.24) is 14.5 Å². The Morgan fingerprint density at radius 1 is 1.04 bits per heavy atom. The average Bonchev–Trinajstić information content (AvgIpc) is 3.15. The van der Waals surface area contributed by atoms with E-state index in [4.69, 9.17) is 4.74 Å². The van der Waals surface area contributed by atoms with Gasteiger partial charge in [0.25, 0.3) is 0 Å². The molecule has 4 aromatic rings. The van der Waals surface area contributed by atoms with Crippen LogP contribution >= 0.6 is 0 Å². The fourth-order valence-corrected chi connectivity index (χ4v) is 3.36. The van der Waals surface area contributed by atoms with E-state index in [-0.39, 0.29) is 0 Å². The molecule has 142 valence electrons. The quantitative estimate of drug-likeness (QED) is 0.498. The smallest absolute Gasteiger partial charge is 0.150 e. The maximum Gasteiger partial charge on any atom is 0.150 e. The summed E-state index contributed by atoms with van der Waals surface area (Å²) in [4.78, 5) is 9.19. The molecular formula is C23H24N4O. The normalized spacial score (nSPS) is 12.1. The first-order chi connectivity index (χ1) is 13.7. The second-order valence-corrected chi connectivity index (χ2v) is 6.83. The minimum absolute atomic E-state index is 0.316. The second kappa shape index (κ2) is 7.72. The van der Waals surface area contributed by atoms with Crippen molar-refractivity contribution >= 4 is 16.9 Å². The Kier molecular flexibility index (Phi) is 4.98. The summed E-state index contributed by atoms with van der Waals surface area (Å²) >= 11 is 0. The molecule has 1 atom stereocenters. The fraction of sp³-hybridized carbons (Fsp3) is 0.217. The lowest BCUT2D eigenvalue weighted by atomic mass is 10.1. The molecule has 5 heteroatoms. The highest BCUT2D eigenvalue weighted by molar-refractivity contribution is 6.02. The first kappa shape index (κ1) is 18.0. The van der Waals surface area contributed by atoms with Gasteiger partial charge in [0.2, 0.25) is 0 Å². The number of rotatable bonds is 6. The maximum absolute atomic E-state index is 5.60. The van der Waals surface area contributed by atoms with Crippen molar-refractivity contribution in [2.75, 3.05) is 12.4 Å². The molecule has 0 aliphatic carbocycles. The molecule has 5 nitrogen and oxygen atoms in total. The van der Waals surface area contributed by atoms with Crippen molar-refractivity contribution < 1.29 is 4.74 Å². The predicted molar refractivity (Wildman–Crippen MR) is 114 cm³/mol. The summed E-state index contributed by atoms with van der Waals surface area (Å²) in [6.45, 7) is 4.32. The molecule has 0 saturated heterocycles. The van der Waals surface area contributed by atoms with E-state index < -0.39 is 0 Å². The van der Waals surface area contributed by atoms with Gasteiger partial charge in [0.15, 0.2) is 5.65 Å². The lowest BCUT2D eigenvalue weighted by molar-refractivity contribution is 0.413. The van der Waals surface area contributed by atoms with Crippen LogP contribution in [0.4, 0.5) is 5.82 Å². The Hall–Kier alpha value is -3.34. The summed E-state index contributed by atoms with van der Waals surface area (Å²) in [6, 6.07) is 18.6. The van der Waals surface area contributed by atoms with Gasteiger partial charge >= 0.3 is 0 Å². The minimum Gasteiger partial charge on any atom is -0.495 e. The molecule has 1 unspecified atom stereocenters. The zero-order chi connectivity index (χ0) is 19.5. The molecule has 0 amide bonds. The van der Waals surface area contributed by atoms with E-state index in [0.29, 0.717) is 6.04 Å². The number of ether oxygens (including phenoxy) is 1. The SMILES string of the molecule is CCC(C)Nc1ncnc2c1c(-c1ccccc1)cn2-c1ccccc1OC. The van der Waals surface area contributed by atoms with Crippen molar-refractivity contribution in [2.24, 2.45) is 0 Å². The third kappa shape index (κ3) is 3.20. The van der Waals surface area contributed by atoms with Crippen molar-refractivity contribution in [2.45, 2.75) is 26.3 Å². The van der Waals surface area contributed by atoms with Crippen LogP contribution < -0.4 is 10.1 Å². The number of benzene rings is 2. The number of methoxy groups -OCH3 is 1. The van der Waals surface area contributed by atoms with E-state index in [1.807, 2.05) is 42.5 Å². The molecule has 0 radical (unpaired) electrons. The van der Waals surface area contributed by atoms with Crippen LogP contribution in [0.5, 0.6) is 5.75 Å². The van der Waals surface area contributed by atoms with Crippen LogP contribution in [0.25, 0.3) is 27.8 Å². The molecule has 2 heterocycles. The topological polar surface area (TPSA) is 52.0 Å². The molecule has 0 aliphatic rings. The molecular weight excluding hydrogens is 348 g/mol. The van der Waals surface area contributed by atoms with E-state index in [9.17, 15) is 0 Å². The van der Waals surface area contributed by atoms with Crippen LogP contribution in [0.2, 0.25) is 0 Å². The summed E-state index contributed by atoms with van der Waals surface area (Å²) in [5.74, 6) is 1.65. The first-order valence-electron chi connectivity index (χ1n) is 9.54. The zero-order valence-electron chi connectivity index (χ0n) is 16.4. The second-order valence-electron chi connectivity index (χ2n) is 6.83. The third-order valence-corrected chi connectivity index (χ3v) is 5.01. The number of fused-ring (bicyclic) bond motifs is 1. The average molecular weight is 372 g/mol. The van der Waals surface area contributed by atoms with Crippen LogP contribution in [-0.4, -0.2) is 27.7 Å². The van der Waals surface area contributed by atoms with E-state index >= 15 is 0 Å². The molecule has 28 heavy (non-hydrogen) atoms. The molecule has 0 fully saturated rings. The minimum atomic E-state index is 0.316. The van der Waals surface area contributed by atoms with Crippen LogP contribution in [0.3, 0.4) is 0 Å². The van der Waals surface area contributed by atoms with Crippen LogP contribution in [0, 0.1) is 0 Å². The van der Waals surface area contributed by atoms with Gasteiger partial charge in [-0.3, -0.25) is 4.57 Å². The number of hydrogen-bond donors (Lipinski definition) is 1. The summed E-state index contributed by atoms with van der Waals surface area (Å²) in [5.41, 5.74) is 4.02. The van der Waals surface area contributed by atoms with Gasteiger partial charge in [-0.05, 0) is 31.0 Å². The van der Waals surface area contributed by atoms with Crippen molar-refractivity contribution in [3.05, 3.63) is 67.1 Å². The zero-order valence-corrected chi connectivity index (χ0v) is 16.4. The van der Waals surface area contributed by atoms with Gasteiger partial charge in [-0.1, -0.05) is 49.4 Å². The Labute approximate surface area is 165 Å². The van der Waals surface area contributed by atoms with E-state index in [1.165, 1.54) is 0 Å². The van der Waals surface area contributed by atoms with E-state index in [2.05, 4.69) is 52.0 Å². The molecule has 2 aromatic heterocycles. The first-order valence-corrected chi connectivity index (χ1v) is 9.54. The Bertz CT molecular complexity index is 1090. The molecule has 0 saturated carbocycles. The van der Waals surface area contributed by atoms with Gasteiger partial charge in [0, 0.05) is 17.8 Å². The van der Waals surface area contributed by atoms with Gasteiger partial charge in [0.05, 0.1) is 18.2 Å². The van der Waals surface area contributed by atoms with Gasteiger partial charge in [-0.2, -0.15) is 0 Å². The highest BCUT2D eigenvalue weighted by atomic mass is 16.5. The summed E-state index contributed by atoms with van der Waals surface area (Å²) in [7, 11) is 1.69. The van der Waals surface area contributed by atoms with Gasteiger partial charge in [0.1, 0.15) is 17.9 Å². The van der Waals surface area contributed by atoms with Crippen LogP contribution in [0.1, 0.15) is 20.3 Å². The molecule has 2 aromatic carbocycles. The number of aromatic nitrogens is 3. The lowest BCUT2D eigenvalue weighted by Crippen LogP contribution is -2.15. The summed E-state index contributed by atoms with van der Waals surface area (Å²) < 4.78 is 7.68. The molecule has 0 bridgehead atoms. The summed E-state index contributed by atoms with van der Waals surface area (Å²) in [5, 5.41) is 4.56. The van der Waals surface area contributed by atoms with Crippen molar-refractivity contribution in [3.63, 3.8) is 0 Å². The molecule has 0 aliphatic heterocycles.